The van der Waals surface area contributed by atoms with Crippen LogP contribution >= 0.6 is 11.8 Å². The number of nitrogens with zero attached hydrogens (tertiary/aromatic N) is 1. The predicted molar refractivity (Wildman–Crippen MR) is 71.9 cm³/mol. The number of carbonyl (C=O) groups excluding carboxylic acids is 1. The Bertz CT molecular complexity index is 393. The molecule has 2 saturated heterocycles. The highest BCUT2D eigenvalue weighted by molar-refractivity contribution is 7.99. The minimum atomic E-state index is -3.08. The summed E-state index contributed by atoms with van der Waals surface area (Å²) in [6.07, 6.45) is 1.66. The normalized spacial score (nSPS) is 28.1. The van der Waals surface area contributed by atoms with E-state index < -0.39 is 10.0 Å². The molecule has 2 heterocycles. The average molecular weight is 293 g/mol. The summed E-state index contributed by atoms with van der Waals surface area (Å²) in [5.41, 5.74) is 0. The van der Waals surface area contributed by atoms with E-state index in [-0.39, 0.29) is 17.7 Å². The number of sulfonamides is 1. The van der Waals surface area contributed by atoms with E-state index in [1.807, 2.05) is 0 Å². The van der Waals surface area contributed by atoms with Crippen LogP contribution in [0, 0.1) is 0 Å². The Morgan fingerprint density at radius 1 is 1.44 bits per heavy atom. The van der Waals surface area contributed by atoms with Crippen LogP contribution in [0.4, 0.5) is 0 Å². The van der Waals surface area contributed by atoms with Gasteiger partial charge in [0.2, 0.25) is 15.9 Å². The first kappa shape index (κ1) is 14.1. The molecule has 2 N–H and O–H groups in total. The van der Waals surface area contributed by atoms with Crippen LogP contribution in [0.15, 0.2) is 0 Å². The van der Waals surface area contributed by atoms with Gasteiger partial charge in [-0.1, -0.05) is 0 Å². The molecule has 0 bridgehead atoms. The minimum Gasteiger partial charge on any atom is -0.353 e. The SMILES string of the molecule is O=C(NCCN1CCCCS1(=O)=O)C1CSCN1. The first-order valence-electron chi connectivity index (χ1n) is 6.16. The van der Waals surface area contributed by atoms with Crippen molar-refractivity contribution in [3.8, 4) is 0 Å². The summed E-state index contributed by atoms with van der Waals surface area (Å²) in [6.45, 7) is 1.35. The highest BCUT2D eigenvalue weighted by Gasteiger charge is 2.26. The largest absolute Gasteiger partial charge is 0.353 e. The lowest BCUT2D eigenvalue weighted by molar-refractivity contribution is -0.122. The van der Waals surface area contributed by atoms with Crippen LogP contribution in [0.2, 0.25) is 0 Å². The Morgan fingerprint density at radius 3 is 2.94 bits per heavy atom. The van der Waals surface area contributed by atoms with Crippen LogP contribution < -0.4 is 10.6 Å². The van der Waals surface area contributed by atoms with Crippen LogP contribution in [0.1, 0.15) is 12.8 Å². The van der Waals surface area contributed by atoms with Crippen LogP contribution in [0.5, 0.6) is 0 Å². The summed E-state index contributed by atoms with van der Waals surface area (Å²) in [5, 5.41) is 5.87. The third-order valence-corrected chi connectivity index (χ3v) is 6.04. The van der Waals surface area contributed by atoms with Crippen molar-refractivity contribution in [3.05, 3.63) is 0 Å². The Labute approximate surface area is 112 Å². The number of nitrogens with one attached hydrogen (secondary N) is 2. The number of hydrogen-bond donors (Lipinski definition) is 2. The Kier molecular flexibility index (Phi) is 4.88. The zero-order chi connectivity index (χ0) is 13.0. The van der Waals surface area contributed by atoms with Gasteiger partial charge in [-0.2, -0.15) is 0 Å². The lowest BCUT2D eigenvalue weighted by atomic mass is 10.3. The van der Waals surface area contributed by atoms with E-state index in [1.54, 1.807) is 11.8 Å². The fraction of sp³-hybridized carbons (Fsp3) is 0.900. The summed E-state index contributed by atoms with van der Waals surface area (Å²) in [5.74, 6) is 1.79. The molecule has 0 radical (unpaired) electrons. The van der Waals surface area contributed by atoms with Crippen LogP contribution in [-0.4, -0.2) is 61.7 Å². The molecular weight excluding hydrogens is 274 g/mol. The van der Waals surface area contributed by atoms with Crippen molar-refractivity contribution >= 4 is 27.7 Å². The van der Waals surface area contributed by atoms with E-state index >= 15 is 0 Å². The maximum Gasteiger partial charge on any atom is 0.238 e. The first-order chi connectivity index (χ1) is 8.59. The van der Waals surface area contributed by atoms with Crippen molar-refractivity contribution in [1.29, 1.82) is 0 Å². The minimum absolute atomic E-state index is 0.0330. The lowest BCUT2D eigenvalue weighted by Gasteiger charge is -2.26. The summed E-state index contributed by atoms with van der Waals surface area (Å²) in [7, 11) is -3.08. The predicted octanol–water partition coefficient (Wildman–Crippen LogP) is -0.809. The molecule has 104 valence electrons. The molecule has 0 aromatic heterocycles. The van der Waals surface area contributed by atoms with Gasteiger partial charge in [0.05, 0.1) is 11.8 Å². The van der Waals surface area contributed by atoms with Gasteiger partial charge in [-0.25, -0.2) is 12.7 Å². The second kappa shape index (κ2) is 6.23. The molecule has 0 aliphatic carbocycles. The van der Waals surface area contributed by atoms with E-state index in [0.29, 0.717) is 19.6 Å². The zero-order valence-electron chi connectivity index (χ0n) is 10.2. The smallest absolute Gasteiger partial charge is 0.238 e. The second-order valence-corrected chi connectivity index (χ2v) is 7.60. The topological polar surface area (TPSA) is 78.5 Å². The number of amides is 1. The molecule has 0 spiro atoms. The zero-order valence-corrected chi connectivity index (χ0v) is 11.9. The van der Waals surface area contributed by atoms with E-state index in [1.165, 1.54) is 4.31 Å². The van der Waals surface area contributed by atoms with Gasteiger partial charge in [0.1, 0.15) is 0 Å². The van der Waals surface area contributed by atoms with Gasteiger partial charge in [-0.3, -0.25) is 10.1 Å². The third kappa shape index (κ3) is 3.59. The van der Waals surface area contributed by atoms with Gasteiger partial charge >= 0.3 is 0 Å². The van der Waals surface area contributed by atoms with Gasteiger partial charge in [0, 0.05) is 31.3 Å². The maximum absolute atomic E-state index is 11.7. The van der Waals surface area contributed by atoms with Gasteiger partial charge in [0.25, 0.3) is 0 Å². The second-order valence-electron chi connectivity index (χ2n) is 4.49. The molecule has 8 heteroatoms. The van der Waals surface area contributed by atoms with Crippen molar-refractivity contribution in [1.82, 2.24) is 14.9 Å². The number of rotatable bonds is 4. The number of thioether (sulfide) groups is 1. The monoisotopic (exact) mass is 293 g/mol. The van der Waals surface area contributed by atoms with Gasteiger partial charge in [0.15, 0.2) is 0 Å². The van der Waals surface area contributed by atoms with E-state index in [2.05, 4.69) is 10.6 Å². The molecule has 1 amide bonds. The van der Waals surface area contributed by atoms with Crippen molar-refractivity contribution in [3.63, 3.8) is 0 Å². The Hall–Kier alpha value is -0.310. The summed E-state index contributed by atoms with van der Waals surface area (Å²) in [4.78, 5) is 11.7. The van der Waals surface area contributed by atoms with Crippen molar-refractivity contribution in [2.24, 2.45) is 0 Å². The fourth-order valence-electron chi connectivity index (χ4n) is 2.08. The molecular formula is C10H19N3O3S2. The van der Waals surface area contributed by atoms with Crippen LogP contribution in [-0.2, 0) is 14.8 Å². The van der Waals surface area contributed by atoms with Crippen LogP contribution in [0.25, 0.3) is 0 Å². The molecule has 2 fully saturated rings. The van der Waals surface area contributed by atoms with Crippen LogP contribution in [0.3, 0.4) is 0 Å². The van der Waals surface area contributed by atoms with Gasteiger partial charge < -0.3 is 5.32 Å². The fourth-order valence-corrected chi connectivity index (χ4v) is 4.63. The van der Waals surface area contributed by atoms with Gasteiger partial charge in [-0.05, 0) is 12.8 Å². The first-order valence-corrected chi connectivity index (χ1v) is 8.93. The maximum atomic E-state index is 11.7. The number of hydrogen-bond acceptors (Lipinski definition) is 5. The summed E-state index contributed by atoms with van der Waals surface area (Å²) >= 11 is 1.69. The highest BCUT2D eigenvalue weighted by Crippen LogP contribution is 2.12. The van der Waals surface area contributed by atoms with Gasteiger partial charge in [-0.15, -0.1) is 11.8 Å². The van der Waals surface area contributed by atoms with Crippen molar-refractivity contribution in [2.45, 2.75) is 18.9 Å². The standard InChI is InChI=1S/C10H19N3O3S2/c14-10(9-7-17-8-12-9)11-3-5-13-4-1-2-6-18(13,15)16/h9,12H,1-8H2,(H,11,14). The molecule has 18 heavy (non-hydrogen) atoms. The van der Waals surface area contributed by atoms with Crippen molar-refractivity contribution < 1.29 is 13.2 Å². The van der Waals surface area contributed by atoms with E-state index in [9.17, 15) is 13.2 Å². The molecule has 0 aromatic rings. The molecule has 0 saturated carbocycles. The molecule has 0 aromatic carbocycles. The van der Waals surface area contributed by atoms with E-state index in [0.717, 1.165) is 24.5 Å². The highest BCUT2D eigenvalue weighted by atomic mass is 32.2. The molecule has 2 rings (SSSR count). The third-order valence-electron chi connectivity index (χ3n) is 3.15. The average Bonchev–Trinajstić information content (AvgIpc) is 2.84. The summed E-state index contributed by atoms with van der Waals surface area (Å²) < 4.78 is 24.9. The number of carbonyl (C=O) groups is 1. The Morgan fingerprint density at radius 2 is 2.28 bits per heavy atom. The van der Waals surface area contributed by atoms with Crippen molar-refractivity contribution in [2.75, 3.05) is 37.0 Å². The summed E-state index contributed by atoms with van der Waals surface area (Å²) in [6, 6.07) is -0.132. The Balaban J connectivity index is 1.72. The lowest BCUT2D eigenvalue weighted by Crippen LogP contribution is -2.46. The van der Waals surface area contributed by atoms with E-state index in [4.69, 9.17) is 0 Å². The molecule has 2 aliphatic heterocycles. The molecule has 2 aliphatic rings. The molecule has 1 unspecified atom stereocenters. The molecule has 1 atom stereocenters. The quantitative estimate of drug-likeness (QED) is 0.709. The molecule has 6 nitrogen and oxygen atoms in total.